The van der Waals surface area contributed by atoms with Gasteiger partial charge in [-0.15, -0.1) is 18.3 Å². The van der Waals surface area contributed by atoms with Crippen molar-refractivity contribution in [2.75, 3.05) is 12.4 Å². The normalized spacial score (nSPS) is 15.8. The molecule has 1 N–H and O–H groups in total. The molecule has 2 heterocycles. The minimum Gasteiger partial charge on any atom is -0.497 e. The Morgan fingerprint density at radius 2 is 1.81 bits per heavy atom. The van der Waals surface area contributed by atoms with Gasteiger partial charge in [0.1, 0.15) is 17.6 Å². The summed E-state index contributed by atoms with van der Waals surface area (Å²) in [6.07, 6.45) is -5.03. The Hall–Kier alpha value is -3.60. The molecule has 4 rings (SSSR count). The van der Waals surface area contributed by atoms with Gasteiger partial charge in [0.05, 0.1) is 26.0 Å². The molecule has 0 spiro atoms. The molecule has 8 nitrogen and oxygen atoms in total. The van der Waals surface area contributed by atoms with E-state index < -0.39 is 12.3 Å². The van der Waals surface area contributed by atoms with E-state index in [-0.39, 0.29) is 29.8 Å². The van der Waals surface area contributed by atoms with Crippen LogP contribution >= 0.6 is 0 Å². The topological polar surface area (TPSA) is 87.5 Å². The van der Waals surface area contributed by atoms with Gasteiger partial charge in [0.15, 0.2) is 5.69 Å². The van der Waals surface area contributed by atoms with E-state index in [2.05, 4.69) is 20.4 Å². The van der Waals surface area contributed by atoms with Crippen LogP contribution in [0.1, 0.15) is 27.8 Å². The molecular weight excluding hydrogens is 417 g/mol. The third kappa shape index (κ3) is 4.77. The minimum absolute atomic E-state index is 0.0869. The smallest absolute Gasteiger partial charge is 0.497 e. The van der Waals surface area contributed by atoms with Gasteiger partial charge in [0, 0.05) is 5.69 Å². The van der Waals surface area contributed by atoms with E-state index in [9.17, 15) is 18.0 Å². The SMILES string of the molecule is COc1ccc(C2Cn3nnc(C(=O)Nc4ccc(OC(F)(F)F)cc4)c3CO2)cc1. The molecule has 1 aliphatic rings. The first-order valence-corrected chi connectivity index (χ1v) is 9.17. The third-order valence-corrected chi connectivity index (χ3v) is 4.65. The molecule has 0 bridgehead atoms. The van der Waals surface area contributed by atoms with Gasteiger partial charge < -0.3 is 19.5 Å². The molecular formula is C20H17F3N4O4. The molecule has 1 aliphatic heterocycles. The number of alkyl halides is 3. The summed E-state index contributed by atoms with van der Waals surface area (Å²) < 4.78 is 53.2. The van der Waals surface area contributed by atoms with E-state index in [1.807, 2.05) is 24.3 Å². The van der Waals surface area contributed by atoms with Crippen LogP contribution in [0.3, 0.4) is 0 Å². The summed E-state index contributed by atoms with van der Waals surface area (Å²) in [7, 11) is 1.59. The lowest BCUT2D eigenvalue weighted by atomic mass is 10.1. The van der Waals surface area contributed by atoms with Crippen LogP contribution in [0.4, 0.5) is 18.9 Å². The number of amides is 1. The molecule has 1 atom stereocenters. The average molecular weight is 434 g/mol. The largest absolute Gasteiger partial charge is 0.573 e. The summed E-state index contributed by atoms with van der Waals surface area (Å²) in [5.74, 6) is -0.195. The predicted octanol–water partition coefficient (Wildman–Crippen LogP) is 3.71. The molecule has 0 fully saturated rings. The van der Waals surface area contributed by atoms with Crippen molar-refractivity contribution < 1.29 is 32.2 Å². The van der Waals surface area contributed by atoms with Gasteiger partial charge in [0.25, 0.3) is 5.91 Å². The fourth-order valence-corrected chi connectivity index (χ4v) is 3.14. The van der Waals surface area contributed by atoms with Crippen LogP contribution in [-0.4, -0.2) is 34.4 Å². The van der Waals surface area contributed by atoms with Gasteiger partial charge in [-0.25, -0.2) is 4.68 Å². The van der Waals surface area contributed by atoms with Crippen molar-refractivity contribution in [2.45, 2.75) is 25.6 Å². The van der Waals surface area contributed by atoms with Crippen LogP contribution in [-0.2, 0) is 17.9 Å². The molecule has 11 heteroatoms. The molecule has 1 aromatic heterocycles. The highest BCUT2D eigenvalue weighted by molar-refractivity contribution is 6.03. The monoisotopic (exact) mass is 434 g/mol. The average Bonchev–Trinajstić information content (AvgIpc) is 3.17. The Morgan fingerprint density at radius 3 is 2.45 bits per heavy atom. The highest BCUT2D eigenvalue weighted by atomic mass is 19.4. The zero-order chi connectivity index (χ0) is 22.0. The van der Waals surface area contributed by atoms with E-state index in [0.717, 1.165) is 23.4 Å². The van der Waals surface area contributed by atoms with E-state index >= 15 is 0 Å². The second-order valence-corrected chi connectivity index (χ2v) is 6.67. The first kappa shape index (κ1) is 20.7. The van der Waals surface area contributed by atoms with Crippen LogP contribution in [0.15, 0.2) is 48.5 Å². The quantitative estimate of drug-likeness (QED) is 0.659. The van der Waals surface area contributed by atoms with Crippen molar-refractivity contribution in [3.8, 4) is 11.5 Å². The Bertz CT molecular complexity index is 1070. The number of nitrogens with one attached hydrogen (secondary N) is 1. The second kappa shape index (κ2) is 8.26. The molecule has 162 valence electrons. The maximum atomic E-state index is 12.6. The first-order chi connectivity index (χ1) is 14.8. The summed E-state index contributed by atoms with van der Waals surface area (Å²) >= 11 is 0. The zero-order valence-electron chi connectivity index (χ0n) is 16.2. The van der Waals surface area contributed by atoms with Gasteiger partial charge >= 0.3 is 6.36 Å². The lowest BCUT2D eigenvalue weighted by molar-refractivity contribution is -0.274. The summed E-state index contributed by atoms with van der Waals surface area (Å²) in [5.41, 5.74) is 1.83. The Morgan fingerprint density at radius 1 is 1.13 bits per heavy atom. The summed E-state index contributed by atoms with van der Waals surface area (Å²) in [5, 5.41) is 10.6. The van der Waals surface area contributed by atoms with Crippen molar-refractivity contribution in [1.29, 1.82) is 0 Å². The number of hydrogen-bond acceptors (Lipinski definition) is 6. The fourth-order valence-electron chi connectivity index (χ4n) is 3.14. The Labute approximate surface area is 174 Å². The van der Waals surface area contributed by atoms with E-state index in [0.29, 0.717) is 12.2 Å². The highest BCUT2D eigenvalue weighted by Gasteiger charge is 2.31. The molecule has 2 aromatic carbocycles. The van der Waals surface area contributed by atoms with Gasteiger partial charge in [-0.05, 0) is 42.0 Å². The molecule has 0 radical (unpaired) electrons. The van der Waals surface area contributed by atoms with Gasteiger partial charge in [-0.1, -0.05) is 17.3 Å². The maximum absolute atomic E-state index is 12.6. The number of fused-ring (bicyclic) bond motifs is 1. The molecule has 1 unspecified atom stereocenters. The third-order valence-electron chi connectivity index (χ3n) is 4.65. The number of nitrogens with zero attached hydrogens (tertiary/aromatic N) is 3. The van der Waals surface area contributed by atoms with Crippen molar-refractivity contribution in [3.63, 3.8) is 0 Å². The first-order valence-electron chi connectivity index (χ1n) is 9.17. The number of benzene rings is 2. The number of ether oxygens (including phenoxy) is 3. The lowest BCUT2D eigenvalue weighted by Gasteiger charge is -2.24. The molecule has 0 saturated carbocycles. The van der Waals surface area contributed by atoms with Gasteiger partial charge in [0.2, 0.25) is 0 Å². The van der Waals surface area contributed by atoms with Crippen LogP contribution in [0.2, 0.25) is 0 Å². The Balaban J connectivity index is 1.43. The lowest BCUT2D eigenvalue weighted by Crippen LogP contribution is -2.24. The number of carbonyl (C=O) groups is 1. The number of rotatable bonds is 5. The molecule has 31 heavy (non-hydrogen) atoms. The molecule has 0 aliphatic carbocycles. The number of hydrogen-bond donors (Lipinski definition) is 1. The van der Waals surface area contributed by atoms with Crippen molar-refractivity contribution >= 4 is 11.6 Å². The van der Waals surface area contributed by atoms with Crippen LogP contribution in [0, 0.1) is 0 Å². The van der Waals surface area contributed by atoms with Gasteiger partial charge in [-0.2, -0.15) is 0 Å². The number of halogens is 3. The van der Waals surface area contributed by atoms with Crippen molar-refractivity contribution in [1.82, 2.24) is 15.0 Å². The number of aromatic nitrogens is 3. The summed E-state index contributed by atoms with van der Waals surface area (Å²) in [6.45, 7) is 0.510. The second-order valence-electron chi connectivity index (χ2n) is 6.67. The van der Waals surface area contributed by atoms with E-state index in [1.54, 1.807) is 11.8 Å². The summed E-state index contributed by atoms with van der Waals surface area (Å²) in [6, 6.07) is 12.3. The van der Waals surface area contributed by atoms with E-state index in [1.165, 1.54) is 12.1 Å². The molecule has 0 saturated heterocycles. The number of methoxy groups -OCH3 is 1. The molecule has 3 aromatic rings. The zero-order valence-corrected chi connectivity index (χ0v) is 16.2. The number of carbonyl (C=O) groups excluding carboxylic acids is 1. The van der Waals surface area contributed by atoms with Gasteiger partial charge in [-0.3, -0.25) is 4.79 Å². The van der Waals surface area contributed by atoms with Crippen LogP contribution in [0.5, 0.6) is 11.5 Å². The molecule has 1 amide bonds. The minimum atomic E-state index is -4.78. The fraction of sp³-hybridized carbons (Fsp3) is 0.250. The standard InChI is InChI=1S/C20H17F3N4O4/c1-29-14-6-2-12(3-7-14)17-10-27-16(11-30-17)18(25-26-27)19(28)24-13-4-8-15(9-5-13)31-20(21,22)23/h2-9,17H,10-11H2,1H3,(H,24,28). The highest BCUT2D eigenvalue weighted by Crippen LogP contribution is 2.29. The Kier molecular flexibility index (Phi) is 5.51. The van der Waals surface area contributed by atoms with Crippen molar-refractivity contribution in [3.05, 3.63) is 65.5 Å². The predicted molar refractivity (Wildman–Crippen MR) is 102 cm³/mol. The van der Waals surface area contributed by atoms with E-state index in [4.69, 9.17) is 9.47 Å². The maximum Gasteiger partial charge on any atom is 0.573 e. The van der Waals surface area contributed by atoms with Crippen LogP contribution in [0.25, 0.3) is 0 Å². The number of anilines is 1. The summed E-state index contributed by atoms with van der Waals surface area (Å²) in [4.78, 5) is 12.6. The van der Waals surface area contributed by atoms with Crippen LogP contribution < -0.4 is 14.8 Å². The van der Waals surface area contributed by atoms with Crippen molar-refractivity contribution in [2.24, 2.45) is 0 Å².